The van der Waals surface area contributed by atoms with Crippen LogP contribution in [0.2, 0.25) is 0 Å². The molecule has 0 bridgehead atoms. The van der Waals surface area contributed by atoms with Crippen LogP contribution in [0.4, 0.5) is 0 Å². The predicted molar refractivity (Wildman–Crippen MR) is 73.9 cm³/mol. The van der Waals surface area contributed by atoms with Crippen molar-refractivity contribution in [3.05, 3.63) is 59.3 Å². The molecule has 0 radical (unpaired) electrons. The zero-order valence-corrected chi connectivity index (χ0v) is 11.3. The van der Waals surface area contributed by atoms with E-state index >= 15 is 0 Å². The Kier molecular flexibility index (Phi) is 3.51. The maximum atomic E-state index is 11.5. The minimum atomic E-state index is -0.251. The highest BCUT2D eigenvalue weighted by Crippen LogP contribution is 2.26. The third-order valence-corrected chi connectivity index (χ3v) is 2.84. The monoisotopic (exact) mass is 256 g/mol. The second-order valence-electron chi connectivity index (χ2n) is 4.34. The summed E-state index contributed by atoms with van der Waals surface area (Å²) < 4.78 is 5.57. The first-order chi connectivity index (χ1) is 9.02. The summed E-state index contributed by atoms with van der Waals surface area (Å²) in [6, 6.07) is 7.41. The van der Waals surface area contributed by atoms with E-state index in [1.165, 1.54) is 0 Å². The van der Waals surface area contributed by atoms with Crippen LogP contribution in [0.1, 0.15) is 33.3 Å². The molecule has 2 heterocycles. The van der Waals surface area contributed by atoms with Gasteiger partial charge in [-0.1, -0.05) is 12.6 Å². The Balaban J connectivity index is 2.39. The van der Waals surface area contributed by atoms with Crippen LogP contribution in [0.3, 0.4) is 0 Å². The van der Waals surface area contributed by atoms with Crippen LogP contribution < -0.4 is 5.32 Å². The summed E-state index contributed by atoms with van der Waals surface area (Å²) in [6.45, 7) is 7.81. The molecule has 4 heteroatoms. The fourth-order valence-electron chi connectivity index (χ4n) is 1.84. The van der Waals surface area contributed by atoms with Gasteiger partial charge >= 0.3 is 0 Å². The van der Waals surface area contributed by atoms with E-state index in [0.29, 0.717) is 11.3 Å². The van der Waals surface area contributed by atoms with E-state index in [-0.39, 0.29) is 11.7 Å². The average molecular weight is 256 g/mol. The lowest BCUT2D eigenvalue weighted by Gasteiger charge is -2.04. The number of nitrogens with one attached hydrogen (secondary N) is 1. The Bertz CT molecular complexity index is 641. The predicted octanol–water partition coefficient (Wildman–Crippen LogP) is 2.71. The molecule has 0 fully saturated rings. The number of amides is 1. The second kappa shape index (κ2) is 5.10. The first-order valence-corrected chi connectivity index (χ1v) is 5.98. The van der Waals surface area contributed by atoms with Crippen molar-refractivity contribution in [2.45, 2.75) is 13.8 Å². The molecule has 0 aliphatic rings. The van der Waals surface area contributed by atoms with Gasteiger partial charge in [0, 0.05) is 18.3 Å². The minimum absolute atomic E-state index is 0.251. The molecule has 1 N–H and O–H groups in total. The molecule has 2 aromatic heterocycles. The van der Waals surface area contributed by atoms with Crippen LogP contribution in [-0.4, -0.2) is 17.9 Å². The number of aromatic nitrogens is 1. The van der Waals surface area contributed by atoms with E-state index in [9.17, 15) is 4.79 Å². The van der Waals surface area contributed by atoms with Gasteiger partial charge < -0.3 is 9.73 Å². The molecule has 1 amide bonds. The highest BCUT2D eigenvalue weighted by Gasteiger charge is 2.16. The number of aryl methyl sites for hydroxylation is 2. The van der Waals surface area contributed by atoms with Crippen molar-refractivity contribution < 1.29 is 9.21 Å². The molecule has 0 aromatic carbocycles. The molecule has 2 aromatic rings. The van der Waals surface area contributed by atoms with Crippen LogP contribution in [0.15, 0.2) is 35.3 Å². The molecule has 0 spiro atoms. The molecule has 2 rings (SSSR count). The molecule has 0 unspecified atom stereocenters. The standard InChI is InChI=1S/C15H16N2O2/c1-9-8-13(15(18)16-4)19-14(9)11(3)12-7-5-6-10(2)17-12/h5-8H,3H2,1-2,4H3,(H,16,18). The van der Waals surface area contributed by atoms with Crippen LogP contribution in [0.25, 0.3) is 5.57 Å². The molecular formula is C15H16N2O2. The SMILES string of the molecule is C=C(c1cccc(C)n1)c1oc(C(=O)NC)cc1C. The van der Waals surface area contributed by atoms with Crippen molar-refractivity contribution in [1.82, 2.24) is 10.3 Å². The van der Waals surface area contributed by atoms with E-state index in [1.807, 2.05) is 32.0 Å². The van der Waals surface area contributed by atoms with Crippen LogP contribution in [0, 0.1) is 13.8 Å². The van der Waals surface area contributed by atoms with Crippen molar-refractivity contribution in [1.29, 1.82) is 0 Å². The molecule has 0 saturated carbocycles. The zero-order chi connectivity index (χ0) is 14.0. The average Bonchev–Trinajstić information content (AvgIpc) is 2.79. The molecular weight excluding hydrogens is 240 g/mol. The lowest BCUT2D eigenvalue weighted by Crippen LogP contribution is -2.16. The quantitative estimate of drug-likeness (QED) is 0.918. The molecule has 0 saturated heterocycles. The van der Waals surface area contributed by atoms with Crippen LogP contribution >= 0.6 is 0 Å². The van der Waals surface area contributed by atoms with Gasteiger partial charge in [-0.25, -0.2) is 0 Å². The number of carbonyl (C=O) groups excluding carboxylic acids is 1. The van der Waals surface area contributed by atoms with Gasteiger partial charge in [-0.2, -0.15) is 0 Å². The van der Waals surface area contributed by atoms with Crippen molar-refractivity contribution in [2.75, 3.05) is 7.05 Å². The Hall–Kier alpha value is -2.36. The summed E-state index contributed by atoms with van der Waals surface area (Å²) in [6.07, 6.45) is 0. The highest BCUT2D eigenvalue weighted by atomic mass is 16.4. The summed E-state index contributed by atoms with van der Waals surface area (Å²) in [5, 5.41) is 2.53. The summed E-state index contributed by atoms with van der Waals surface area (Å²) in [5.41, 5.74) is 3.21. The number of carbonyl (C=O) groups is 1. The van der Waals surface area contributed by atoms with Gasteiger partial charge in [-0.05, 0) is 37.6 Å². The zero-order valence-electron chi connectivity index (χ0n) is 11.3. The summed E-state index contributed by atoms with van der Waals surface area (Å²) in [5.74, 6) is 0.625. The third kappa shape index (κ3) is 2.57. The molecule has 0 aliphatic carbocycles. The van der Waals surface area contributed by atoms with Crippen molar-refractivity contribution in [3.8, 4) is 0 Å². The largest absolute Gasteiger partial charge is 0.451 e. The summed E-state index contributed by atoms with van der Waals surface area (Å²) >= 11 is 0. The number of nitrogens with zero attached hydrogens (tertiary/aromatic N) is 1. The van der Waals surface area contributed by atoms with E-state index in [0.717, 1.165) is 17.0 Å². The van der Waals surface area contributed by atoms with Crippen LogP contribution in [-0.2, 0) is 0 Å². The van der Waals surface area contributed by atoms with Gasteiger partial charge in [0.15, 0.2) is 5.76 Å². The topological polar surface area (TPSA) is 55.1 Å². The Morgan fingerprint density at radius 2 is 2.11 bits per heavy atom. The smallest absolute Gasteiger partial charge is 0.286 e. The number of hydrogen-bond donors (Lipinski definition) is 1. The Morgan fingerprint density at radius 1 is 1.37 bits per heavy atom. The fourth-order valence-corrected chi connectivity index (χ4v) is 1.84. The van der Waals surface area contributed by atoms with Gasteiger partial charge in [0.25, 0.3) is 5.91 Å². The number of furan rings is 1. The molecule has 0 atom stereocenters. The van der Waals surface area contributed by atoms with Gasteiger partial charge in [0.2, 0.25) is 0 Å². The summed E-state index contributed by atoms with van der Waals surface area (Å²) in [4.78, 5) is 15.9. The maximum Gasteiger partial charge on any atom is 0.286 e. The van der Waals surface area contributed by atoms with Gasteiger partial charge in [0.05, 0.1) is 5.69 Å². The van der Waals surface area contributed by atoms with E-state index in [1.54, 1.807) is 13.1 Å². The molecule has 0 aliphatic heterocycles. The second-order valence-corrected chi connectivity index (χ2v) is 4.34. The first-order valence-electron chi connectivity index (χ1n) is 5.98. The minimum Gasteiger partial charge on any atom is -0.451 e. The fraction of sp³-hybridized carbons (Fsp3) is 0.200. The van der Waals surface area contributed by atoms with E-state index < -0.39 is 0 Å². The molecule has 98 valence electrons. The Morgan fingerprint density at radius 3 is 2.74 bits per heavy atom. The molecule has 19 heavy (non-hydrogen) atoms. The van der Waals surface area contributed by atoms with Crippen molar-refractivity contribution in [2.24, 2.45) is 0 Å². The number of pyridine rings is 1. The Labute approximate surface area is 112 Å². The van der Waals surface area contributed by atoms with Gasteiger partial charge in [-0.15, -0.1) is 0 Å². The van der Waals surface area contributed by atoms with Gasteiger partial charge in [0.1, 0.15) is 5.76 Å². The van der Waals surface area contributed by atoms with Gasteiger partial charge in [-0.3, -0.25) is 9.78 Å². The van der Waals surface area contributed by atoms with Crippen molar-refractivity contribution >= 4 is 11.5 Å². The number of rotatable bonds is 3. The number of hydrogen-bond acceptors (Lipinski definition) is 3. The summed E-state index contributed by atoms with van der Waals surface area (Å²) in [7, 11) is 1.57. The molecule has 4 nitrogen and oxygen atoms in total. The third-order valence-electron chi connectivity index (χ3n) is 2.84. The van der Waals surface area contributed by atoms with Crippen LogP contribution in [0.5, 0.6) is 0 Å². The first kappa shape index (κ1) is 13.1. The lowest BCUT2D eigenvalue weighted by molar-refractivity contribution is 0.0935. The lowest BCUT2D eigenvalue weighted by atomic mass is 10.1. The highest BCUT2D eigenvalue weighted by molar-refractivity contribution is 5.92. The normalized spacial score (nSPS) is 10.3. The van der Waals surface area contributed by atoms with Crippen molar-refractivity contribution in [3.63, 3.8) is 0 Å². The van der Waals surface area contributed by atoms with E-state index in [2.05, 4.69) is 16.9 Å². The van der Waals surface area contributed by atoms with E-state index in [4.69, 9.17) is 4.42 Å². The maximum absolute atomic E-state index is 11.5.